The van der Waals surface area contributed by atoms with Gasteiger partial charge >= 0.3 is 0 Å². The van der Waals surface area contributed by atoms with Crippen molar-refractivity contribution < 1.29 is 8.97 Å². The van der Waals surface area contributed by atoms with Crippen LogP contribution in [0.4, 0.5) is 4.39 Å². The summed E-state index contributed by atoms with van der Waals surface area (Å²) in [6, 6.07) is 4.95. The molecule has 2 N–H and O–H groups in total. The molecule has 1 unspecified atom stereocenters. The van der Waals surface area contributed by atoms with Crippen LogP contribution in [0.25, 0.3) is 5.57 Å². The molecule has 0 aliphatic carbocycles. The molecule has 0 saturated carbocycles. The van der Waals surface area contributed by atoms with Gasteiger partial charge in [0, 0.05) is 11.6 Å². The van der Waals surface area contributed by atoms with E-state index in [0.29, 0.717) is 5.56 Å². The fraction of sp³-hybridized carbons (Fsp3) is 0.250. The number of halogens is 1. The summed E-state index contributed by atoms with van der Waals surface area (Å²) in [4.78, 5) is 0. The average molecular weight is 205 g/mol. The minimum atomic E-state index is -0.199. The molecule has 0 amide bonds. The van der Waals surface area contributed by atoms with Crippen molar-refractivity contribution in [3.8, 4) is 0 Å². The van der Waals surface area contributed by atoms with Crippen molar-refractivity contribution in [3.05, 3.63) is 41.3 Å². The molecule has 2 rings (SSSR count). The molecule has 0 radical (unpaired) electrons. The molecule has 0 fully saturated rings. The third kappa shape index (κ3) is 1.83. The van der Waals surface area contributed by atoms with E-state index >= 15 is 0 Å². The number of benzene rings is 1. The van der Waals surface area contributed by atoms with E-state index in [-0.39, 0.29) is 11.9 Å². The Kier molecular flexibility index (Phi) is 2.40. The van der Waals surface area contributed by atoms with Crippen LogP contribution < -0.4 is 5.73 Å². The van der Waals surface area contributed by atoms with Crippen LogP contribution in [0.2, 0.25) is 0 Å². The van der Waals surface area contributed by atoms with Crippen molar-refractivity contribution in [2.45, 2.75) is 13.0 Å². The molecule has 1 aromatic rings. The average Bonchev–Trinajstić information content (AvgIpc) is 2.14. The maximum atomic E-state index is 13.5. The highest BCUT2D eigenvalue weighted by molar-refractivity contribution is 6.10. The summed E-state index contributed by atoms with van der Waals surface area (Å²) in [6.45, 7) is 1.89. The molecule has 0 spiro atoms. The van der Waals surface area contributed by atoms with E-state index in [2.05, 4.69) is 0 Å². The highest BCUT2D eigenvalue weighted by Crippen LogP contribution is 2.23. The first-order valence-electron chi connectivity index (χ1n) is 4.92. The second-order valence-electron chi connectivity index (χ2n) is 3.91. The van der Waals surface area contributed by atoms with E-state index < -0.39 is 0 Å². The Balaban J connectivity index is 2.38. The van der Waals surface area contributed by atoms with Gasteiger partial charge < -0.3 is 5.73 Å². The Labute approximate surface area is 88.5 Å². The van der Waals surface area contributed by atoms with Crippen LogP contribution in [0.3, 0.4) is 0 Å². The number of nitrogens with zero attached hydrogens (tertiary/aromatic N) is 1. The summed E-state index contributed by atoms with van der Waals surface area (Å²) in [5.41, 5.74) is 8.25. The summed E-state index contributed by atoms with van der Waals surface area (Å²) in [5.74, 6) is -0.199. The fourth-order valence-electron chi connectivity index (χ4n) is 1.61. The van der Waals surface area contributed by atoms with Gasteiger partial charge in [-0.05, 0) is 24.6 Å². The van der Waals surface area contributed by atoms with E-state index in [9.17, 15) is 4.39 Å². The number of hydrogen-bond acceptors (Lipinski definition) is 1. The highest BCUT2D eigenvalue weighted by atomic mass is 19.1. The van der Waals surface area contributed by atoms with Gasteiger partial charge in [-0.2, -0.15) is 0 Å². The molecule has 0 bridgehead atoms. The Morgan fingerprint density at radius 3 is 2.60 bits per heavy atom. The van der Waals surface area contributed by atoms with Gasteiger partial charge in [0.1, 0.15) is 18.4 Å². The molecule has 0 aromatic heterocycles. The van der Waals surface area contributed by atoms with Gasteiger partial charge in [-0.15, -0.1) is 0 Å². The van der Waals surface area contributed by atoms with Crippen molar-refractivity contribution in [3.63, 3.8) is 0 Å². The smallest absolute Gasteiger partial charge is 0.182 e. The first-order valence-corrected chi connectivity index (χ1v) is 4.92. The lowest BCUT2D eigenvalue weighted by molar-refractivity contribution is -0.423. The summed E-state index contributed by atoms with van der Waals surface area (Å²) in [7, 11) is 1.91. The minimum absolute atomic E-state index is 0.0669. The molecule has 2 nitrogen and oxygen atoms in total. The molecular weight excluding hydrogens is 191 g/mol. The number of hydrogen-bond donors (Lipinski definition) is 1. The van der Waals surface area contributed by atoms with E-state index in [1.807, 2.05) is 37.0 Å². The maximum absolute atomic E-state index is 13.5. The Morgan fingerprint density at radius 1 is 1.40 bits per heavy atom. The highest BCUT2D eigenvalue weighted by Gasteiger charge is 2.19. The Morgan fingerprint density at radius 2 is 2.07 bits per heavy atom. The van der Waals surface area contributed by atoms with Crippen molar-refractivity contribution >= 4 is 11.8 Å². The number of nitrogens with two attached hydrogens (primary N) is 1. The van der Waals surface area contributed by atoms with E-state index in [4.69, 9.17) is 5.73 Å². The molecule has 1 aliphatic heterocycles. The molecule has 1 aliphatic rings. The van der Waals surface area contributed by atoms with Gasteiger partial charge in [0.05, 0.1) is 0 Å². The minimum Gasteiger partial charge on any atom is -0.324 e. The van der Waals surface area contributed by atoms with Crippen molar-refractivity contribution in [1.29, 1.82) is 0 Å². The van der Waals surface area contributed by atoms with Crippen LogP contribution in [0, 0.1) is 5.82 Å². The van der Waals surface area contributed by atoms with Crippen LogP contribution in [-0.4, -0.2) is 17.8 Å². The van der Waals surface area contributed by atoms with E-state index in [1.54, 1.807) is 6.07 Å². The summed E-state index contributed by atoms with van der Waals surface area (Å²) < 4.78 is 15.4. The monoisotopic (exact) mass is 205 g/mol. The predicted molar refractivity (Wildman–Crippen MR) is 59.2 cm³/mol. The Bertz CT molecular complexity index is 459. The largest absolute Gasteiger partial charge is 0.324 e. The summed E-state index contributed by atoms with van der Waals surface area (Å²) in [6.07, 6.45) is 3.78. The van der Waals surface area contributed by atoms with Gasteiger partial charge in [-0.1, -0.05) is 6.07 Å². The normalized spacial score (nSPS) is 16.5. The maximum Gasteiger partial charge on any atom is 0.182 e. The first-order chi connectivity index (χ1) is 7.08. The zero-order valence-corrected chi connectivity index (χ0v) is 8.87. The number of allylic oxidation sites excluding steroid dienone is 1. The first kappa shape index (κ1) is 10.1. The molecule has 1 heterocycles. The third-order valence-corrected chi connectivity index (χ3v) is 2.51. The zero-order chi connectivity index (χ0) is 11.0. The molecule has 1 aromatic carbocycles. The van der Waals surface area contributed by atoms with Crippen LogP contribution in [-0.2, 0) is 0 Å². The van der Waals surface area contributed by atoms with E-state index in [0.717, 1.165) is 11.1 Å². The molecule has 0 saturated heterocycles. The zero-order valence-electron chi connectivity index (χ0n) is 8.87. The van der Waals surface area contributed by atoms with E-state index in [1.165, 1.54) is 6.07 Å². The van der Waals surface area contributed by atoms with Gasteiger partial charge in [0.15, 0.2) is 12.4 Å². The van der Waals surface area contributed by atoms with Gasteiger partial charge in [-0.3, -0.25) is 0 Å². The topological polar surface area (TPSA) is 29.0 Å². The van der Waals surface area contributed by atoms with Crippen molar-refractivity contribution in [1.82, 2.24) is 0 Å². The van der Waals surface area contributed by atoms with Crippen molar-refractivity contribution in [2.75, 3.05) is 7.05 Å². The van der Waals surface area contributed by atoms with Crippen LogP contribution in [0.1, 0.15) is 24.1 Å². The van der Waals surface area contributed by atoms with Crippen LogP contribution in [0.5, 0.6) is 0 Å². The van der Waals surface area contributed by atoms with Gasteiger partial charge in [0.25, 0.3) is 0 Å². The van der Waals surface area contributed by atoms with Crippen LogP contribution >= 0.6 is 0 Å². The standard InChI is InChI=1S/C12H14FN2/c1-8(14)9-3-4-12(13)11(5-9)10-6-15(2)7-10/h3-8H,14H2,1-2H3/q+1. The molecule has 78 valence electrons. The quantitative estimate of drug-likeness (QED) is 0.734. The van der Waals surface area contributed by atoms with Crippen molar-refractivity contribution in [2.24, 2.45) is 5.73 Å². The molecular formula is C12H14FN2+. The summed E-state index contributed by atoms with van der Waals surface area (Å²) >= 11 is 0. The predicted octanol–water partition coefficient (Wildman–Crippen LogP) is 1.91. The lowest BCUT2D eigenvalue weighted by Crippen LogP contribution is -2.13. The third-order valence-electron chi connectivity index (χ3n) is 2.51. The second-order valence-corrected chi connectivity index (χ2v) is 3.91. The summed E-state index contributed by atoms with van der Waals surface area (Å²) in [5, 5.41) is 0. The Hall–Kier alpha value is -1.48. The van der Waals surface area contributed by atoms with Crippen LogP contribution in [0.15, 0.2) is 24.4 Å². The van der Waals surface area contributed by atoms with Gasteiger partial charge in [-0.25, -0.2) is 8.97 Å². The van der Waals surface area contributed by atoms with Gasteiger partial charge in [0.2, 0.25) is 0 Å². The SMILES string of the molecule is CC(N)c1ccc(F)c(C2=C[N+](C)=C2)c1. The molecule has 3 heteroatoms. The lowest BCUT2D eigenvalue weighted by Gasteiger charge is -2.11. The molecule has 15 heavy (non-hydrogen) atoms. The molecule has 1 atom stereocenters. The second kappa shape index (κ2) is 3.59. The fourth-order valence-corrected chi connectivity index (χ4v) is 1.61. The lowest BCUT2D eigenvalue weighted by atomic mass is 9.99. The number of rotatable bonds is 2.